The van der Waals surface area contributed by atoms with Crippen LogP contribution in [0, 0.1) is 13.8 Å². The van der Waals surface area contributed by atoms with Gasteiger partial charge in [-0.2, -0.15) is 0 Å². The van der Waals surface area contributed by atoms with Crippen molar-refractivity contribution in [2.24, 2.45) is 0 Å². The van der Waals surface area contributed by atoms with E-state index in [0.29, 0.717) is 0 Å². The highest BCUT2D eigenvalue weighted by molar-refractivity contribution is 6.09. The molecule has 8 rings (SSSR count). The molecule has 8 aromatic carbocycles. The van der Waals surface area contributed by atoms with Crippen LogP contribution >= 0.6 is 0 Å². The molecule has 290 valence electrons. The molecule has 0 aliphatic heterocycles. The molecular formula is C56H56N2. The molecule has 0 aliphatic carbocycles. The van der Waals surface area contributed by atoms with E-state index in [9.17, 15) is 0 Å². The number of hydrogen-bond donors (Lipinski definition) is 2. The van der Waals surface area contributed by atoms with E-state index in [1.165, 1.54) is 116 Å². The molecule has 2 heteroatoms. The van der Waals surface area contributed by atoms with Crippen molar-refractivity contribution in [1.82, 2.24) is 0 Å². The summed E-state index contributed by atoms with van der Waals surface area (Å²) in [4.78, 5) is 0. The van der Waals surface area contributed by atoms with Crippen LogP contribution in [0.1, 0.15) is 74.6 Å². The van der Waals surface area contributed by atoms with Crippen LogP contribution in [-0.2, 0) is 12.8 Å². The first-order valence-electron chi connectivity index (χ1n) is 21.5. The Morgan fingerprint density at radius 3 is 1.34 bits per heavy atom. The fraction of sp³-hybridized carbons (Fsp3) is 0.214. The molecule has 0 amide bonds. The molecule has 8 aromatic rings. The molecular weight excluding hydrogens is 701 g/mol. The molecule has 0 aliphatic rings. The average molecular weight is 757 g/mol. The Balaban J connectivity index is 1.11. The molecule has 0 spiro atoms. The lowest BCUT2D eigenvalue weighted by molar-refractivity contribution is 0.607. The minimum absolute atomic E-state index is 1.02. The first kappa shape index (κ1) is 38.7. The SMILES string of the molecule is CCCCCCCCc1cccc(Nc2cccc(-c3ccc4ccc(C)c(-c5c(C)ccc6ccc(-c7cccc(Nc8cccc(CC)c8)c7)cc56)c4c3)c2)c1. The van der Waals surface area contributed by atoms with Crippen LogP contribution < -0.4 is 10.6 Å². The zero-order valence-electron chi connectivity index (χ0n) is 34.7. The van der Waals surface area contributed by atoms with Gasteiger partial charge in [0.15, 0.2) is 0 Å². The van der Waals surface area contributed by atoms with Crippen molar-refractivity contribution >= 4 is 44.3 Å². The summed E-state index contributed by atoms with van der Waals surface area (Å²) in [7, 11) is 0. The Morgan fingerprint density at radius 2 is 0.810 bits per heavy atom. The summed E-state index contributed by atoms with van der Waals surface area (Å²) in [6, 6.07) is 58.3. The van der Waals surface area contributed by atoms with Crippen molar-refractivity contribution in [3.63, 3.8) is 0 Å². The minimum Gasteiger partial charge on any atom is -0.356 e. The van der Waals surface area contributed by atoms with Gasteiger partial charge in [0.05, 0.1) is 0 Å². The molecule has 0 fully saturated rings. The maximum absolute atomic E-state index is 3.72. The Bertz CT molecular complexity index is 2680. The third kappa shape index (κ3) is 8.88. The third-order valence-electron chi connectivity index (χ3n) is 11.8. The Hall–Kier alpha value is -6.12. The van der Waals surface area contributed by atoms with Gasteiger partial charge in [0, 0.05) is 22.7 Å². The lowest BCUT2D eigenvalue weighted by Crippen LogP contribution is -1.94. The maximum Gasteiger partial charge on any atom is 0.0390 e. The Kier molecular flexibility index (Phi) is 12.0. The molecule has 0 saturated carbocycles. The van der Waals surface area contributed by atoms with Gasteiger partial charge >= 0.3 is 0 Å². The van der Waals surface area contributed by atoms with Crippen LogP contribution in [0.3, 0.4) is 0 Å². The van der Waals surface area contributed by atoms with Gasteiger partial charge in [-0.1, -0.05) is 143 Å². The van der Waals surface area contributed by atoms with E-state index >= 15 is 0 Å². The maximum atomic E-state index is 3.72. The molecule has 0 saturated heterocycles. The van der Waals surface area contributed by atoms with E-state index in [1.807, 2.05) is 0 Å². The number of hydrogen-bond acceptors (Lipinski definition) is 2. The van der Waals surface area contributed by atoms with Crippen LogP contribution in [-0.4, -0.2) is 0 Å². The standard InChI is InChI=1S/C56H56N2/c1-5-7-8-9-10-11-16-42-18-13-22-50(34-42)58-52-24-15-20-46(36-52)48-32-30-44-28-26-40(4)56(54(44)38-48)55-39(3)25-27-43-29-31-47(37-53(43)55)45-19-14-23-51(35-45)57-49-21-12-17-41(6-2)33-49/h12-15,17-38,57-58H,5-11,16H2,1-4H3. The van der Waals surface area contributed by atoms with Gasteiger partial charge in [-0.25, -0.2) is 0 Å². The Labute approximate surface area is 346 Å². The lowest BCUT2D eigenvalue weighted by Gasteiger charge is -2.18. The number of benzene rings is 8. The van der Waals surface area contributed by atoms with Crippen molar-refractivity contribution in [1.29, 1.82) is 0 Å². The van der Waals surface area contributed by atoms with E-state index < -0.39 is 0 Å². The van der Waals surface area contributed by atoms with Crippen molar-refractivity contribution in [3.8, 4) is 33.4 Å². The second-order valence-electron chi connectivity index (χ2n) is 16.1. The van der Waals surface area contributed by atoms with Crippen molar-refractivity contribution in [2.45, 2.75) is 79.1 Å². The summed E-state index contributed by atoms with van der Waals surface area (Å²) in [6.07, 6.45) is 10.1. The summed E-state index contributed by atoms with van der Waals surface area (Å²) in [5.41, 5.74) is 17.2. The van der Waals surface area contributed by atoms with Gasteiger partial charge in [0.25, 0.3) is 0 Å². The number of aryl methyl sites for hydroxylation is 4. The molecule has 0 aromatic heterocycles. The molecule has 2 N–H and O–H groups in total. The zero-order chi connectivity index (χ0) is 39.8. The highest BCUT2D eigenvalue weighted by atomic mass is 14.9. The first-order chi connectivity index (χ1) is 28.4. The van der Waals surface area contributed by atoms with E-state index in [2.05, 4.69) is 196 Å². The minimum atomic E-state index is 1.02. The van der Waals surface area contributed by atoms with Gasteiger partial charge in [-0.05, 0) is 171 Å². The summed E-state index contributed by atoms with van der Waals surface area (Å²) in [6.45, 7) is 9.00. The van der Waals surface area contributed by atoms with Gasteiger partial charge in [-0.15, -0.1) is 0 Å². The third-order valence-corrected chi connectivity index (χ3v) is 11.8. The topological polar surface area (TPSA) is 24.1 Å². The summed E-state index contributed by atoms with van der Waals surface area (Å²) in [5.74, 6) is 0. The number of nitrogens with one attached hydrogen (secondary N) is 2. The monoisotopic (exact) mass is 756 g/mol. The molecule has 0 heterocycles. The number of fused-ring (bicyclic) bond motifs is 2. The van der Waals surface area contributed by atoms with Gasteiger partial charge in [0.1, 0.15) is 0 Å². The quantitative estimate of drug-likeness (QED) is 0.102. The van der Waals surface area contributed by atoms with Crippen LogP contribution in [0.5, 0.6) is 0 Å². The van der Waals surface area contributed by atoms with Gasteiger partial charge in [-0.3, -0.25) is 0 Å². The van der Waals surface area contributed by atoms with E-state index in [4.69, 9.17) is 0 Å². The van der Waals surface area contributed by atoms with Crippen molar-refractivity contribution in [2.75, 3.05) is 10.6 Å². The fourth-order valence-electron chi connectivity index (χ4n) is 8.55. The molecule has 58 heavy (non-hydrogen) atoms. The van der Waals surface area contributed by atoms with Gasteiger partial charge in [0.2, 0.25) is 0 Å². The molecule has 0 bridgehead atoms. The van der Waals surface area contributed by atoms with Crippen molar-refractivity contribution in [3.05, 3.63) is 180 Å². The second kappa shape index (κ2) is 18.0. The second-order valence-corrected chi connectivity index (χ2v) is 16.1. The molecule has 0 radical (unpaired) electrons. The zero-order valence-corrected chi connectivity index (χ0v) is 34.7. The van der Waals surface area contributed by atoms with Crippen LogP contribution in [0.15, 0.2) is 158 Å². The highest BCUT2D eigenvalue weighted by Crippen LogP contribution is 2.41. The predicted molar refractivity (Wildman–Crippen MR) is 253 cm³/mol. The fourth-order valence-corrected chi connectivity index (χ4v) is 8.55. The van der Waals surface area contributed by atoms with Gasteiger partial charge < -0.3 is 10.6 Å². The van der Waals surface area contributed by atoms with E-state index in [0.717, 1.165) is 35.6 Å². The van der Waals surface area contributed by atoms with Crippen LogP contribution in [0.4, 0.5) is 22.7 Å². The predicted octanol–water partition coefficient (Wildman–Crippen LogP) is 16.6. The van der Waals surface area contributed by atoms with E-state index in [1.54, 1.807) is 0 Å². The summed E-state index contributed by atoms with van der Waals surface area (Å²) in [5, 5.41) is 12.4. The average Bonchev–Trinajstić information content (AvgIpc) is 3.25. The Morgan fingerprint density at radius 1 is 0.379 bits per heavy atom. The largest absolute Gasteiger partial charge is 0.356 e. The van der Waals surface area contributed by atoms with Crippen molar-refractivity contribution < 1.29 is 0 Å². The molecule has 2 nitrogen and oxygen atoms in total. The molecule has 0 atom stereocenters. The first-order valence-corrected chi connectivity index (χ1v) is 21.5. The molecule has 0 unspecified atom stereocenters. The number of anilines is 4. The normalized spacial score (nSPS) is 11.3. The van der Waals surface area contributed by atoms with Crippen LogP contribution in [0.2, 0.25) is 0 Å². The van der Waals surface area contributed by atoms with E-state index in [-0.39, 0.29) is 0 Å². The summed E-state index contributed by atoms with van der Waals surface area (Å²) >= 11 is 0. The van der Waals surface area contributed by atoms with Crippen LogP contribution in [0.25, 0.3) is 54.9 Å². The number of rotatable bonds is 15. The smallest absolute Gasteiger partial charge is 0.0390 e. The number of unbranched alkanes of at least 4 members (excludes halogenated alkanes) is 5. The highest BCUT2D eigenvalue weighted by Gasteiger charge is 2.16. The lowest BCUT2D eigenvalue weighted by atomic mass is 9.86. The summed E-state index contributed by atoms with van der Waals surface area (Å²) < 4.78 is 0.